The lowest BCUT2D eigenvalue weighted by molar-refractivity contribution is 0.0577. The molecule has 2 saturated heterocycles. The van der Waals surface area contributed by atoms with Crippen LogP contribution in [0.5, 0.6) is 0 Å². The summed E-state index contributed by atoms with van der Waals surface area (Å²) in [7, 11) is 2.07. The molecule has 0 amide bonds. The van der Waals surface area contributed by atoms with Crippen LogP contribution in [0.4, 0.5) is 0 Å². The molecule has 2 aliphatic rings. The molecule has 0 saturated carbocycles. The Kier molecular flexibility index (Phi) is 1.73. The highest BCUT2D eigenvalue weighted by molar-refractivity contribution is 5.23. The summed E-state index contributed by atoms with van der Waals surface area (Å²) in [6, 6.07) is 2.72. The van der Waals surface area contributed by atoms with Gasteiger partial charge >= 0.3 is 0 Å². The van der Waals surface area contributed by atoms with E-state index in [9.17, 15) is 0 Å². The van der Waals surface area contributed by atoms with Crippen molar-refractivity contribution in [1.82, 2.24) is 9.88 Å². The van der Waals surface area contributed by atoms with E-state index in [0.29, 0.717) is 11.5 Å². The molecule has 2 atom stereocenters. The van der Waals surface area contributed by atoms with Crippen LogP contribution in [0.3, 0.4) is 0 Å². The summed E-state index contributed by atoms with van der Waals surface area (Å²) in [5.41, 5.74) is 1.81. The maximum atomic E-state index is 5.51. The molecule has 3 heteroatoms. The summed E-state index contributed by atoms with van der Waals surface area (Å²) in [6.07, 6.45) is 5.52. The first-order valence-corrected chi connectivity index (χ1v) is 5.23. The molecular formula is C11H16N2O. The Labute approximate surface area is 84.1 Å². The molecule has 2 fully saturated rings. The lowest BCUT2D eigenvalue weighted by Gasteiger charge is -2.47. The van der Waals surface area contributed by atoms with Crippen molar-refractivity contribution >= 4 is 0 Å². The number of rotatable bonds is 1. The van der Waals surface area contributed by atoms with Gasteiger partial charge in [-0.2, -0.15) is 0 Å². The van der Waals surface area contributed by atoms with Gasteiger partial charge in [-0.3, -0.25) is 0 Å². The summed E-state index contributed by atoms with van der Waals surface area (Å²) in [4.78, 5) is 0. The monoisotopic (exact) mass is 192 g/mol. The molecule has 76 valence electrons. The molecule has 1 N–H and O–H groups in total. The van der Waals surface area contributed by atoms with Gasteiger partial charge in [0, 0.05) is 44.0 Å². The minimum atomic E-state index is 0.404. The van der Waals surface area contributed by atoms with Crippen LogP contribution in [0.2, 0.25) is 0 Å². The first-order chi connectivity index (χ1) is 6.80. The minimum absolute atomic E-state index is 0.404. The predicted molar refractivity (Wildman–Crippen MR) is 54.0 cm³/mol. The number of aromatic nitrogens is 1. The fourth-order valence-electron chi connectivity index (χ4n) is 2.65. The van der Waals surface area contributed by atoms with E-state index in [1.165, 1.54) is 12.0 Å². The van der Waals surface area contributed by atoms with E-state index >= 15 is 0 Å². The van der Waals surface area contributed by atoms with Crippen molar-refractivity contribution in [3.8, 4) is 0 Å². The second-order valence-corrected chi connectivity index (χ2v) is 4.59. The number of aryl methyl sites for hydroxylation is 1. The number of hydrogen-bond acceptors (Lipinski definition) is 2. The average molecular weight is 192 g/mol. The maximum absolute atomic E-state index is 5.51. The largest absolute Gasteiger partial charge is 0.381 e. The first-order valence-electron chi connectivity index (χ1n) is 5.23. The molecule has 1 spiro atoms. The van der Waals surface area contributed by atoms with Crippen molar-refractivity contribution in [2.45, 2.75) is 12.5 Å². The van der Waals surface area contributed by atoms with Crippen molar-refractivity contribution < 1.29 is 4.74 Å². The maximum Gasteiger partial charge on any atom is 0.0553 e. The van der Waals surface area contributed by atoms with Crippen molar-refractivity contribution in [3.05, 3.63) is 24.0 Å². The van der Waals surface area contributed by atoms with Gasteiger partial charge in [-0.1, -0.05) is 0 Å². The van der Waals surface area contributed by atoms with Gasteiger partial charge in [-0.25, -0.2) is 0 Å². The van der Waals surface area contributed by atoms with Crippen LogP contribution in [0.25, 0.3) is 0 Å². The van der Waals surface area contributed by atoms with Gasteiger partial charge in [-0.15, -0.1) is 0 Å². The summed E-state index contributed by atoms with van der Waals surface area (Å²) >= 11 is 0. The highest BCUT2D eigenvalue weighted by Gasteiger charge is 2.49. The Balaban J connectivity index is 1.86. The molecular weight excluding hydrogens is 176 g/mol. The SMILES string of the molecule is Cn1ccc([C@@H]2NC[C@@]23CCOC3)c1. The molecule has 2 aliphatic heterocycles. The Hall–Kier alpha value is -0.800. The zero-order chi connectivity index (χ0) is 9.60. The quantitative estimate of drug-likeness (QED) is 0.720. The number of nitrogens with zero attached hydrogens (tertiary/aromatic N) is 1. The van der Waals surface area contributed by atoms with Crippen molar-refractivity contribution in [3.63, 3.8) is 0 Å². The minimum Gasteiger partial charge on any atom is -0.381 e. The molecule has 3 rings (SSSR count). The van der Waals surface area contributed by atoms with Gasteiger partial charge in [0.25, 0.3) is 0 Å². The van der Waals surface area contributed by atoms with Gasteiger partial charge in [0.2, 0.25) is 0 Å². The topological polar surface area (TPSA) is 26.2 Å². The standard InChI is InChI=1S/C11H16N2O/c1-13-4-2-9(6-13)10-11(7-12-10)3-5-14-8-11/h2,4,6,10,12H,3,5,7-8H2,1H3/t10-,11+/m0/s1. The molecule has 0 radical (unpaired) electrons. The van der Waals surface area contributed by atoms with Gasteiger partial charge in [0.1, 0.15) is 0 Å². The van der Waals surface area contributed by atoms with Crippen molar-refractivity contribution in [2.75, 3.05) is 19.8 Å². The molecule has 1 aromatic rings. The van der Waals surface area contributed by atoms with Crippen molar-refractivity contribution in [1.29, 1.82) is 0 Å². The summed E-state index contributed by atoms with van der Waals surface area (Å²) in [6.45, 7) is 2.98. The molecule has 1 aromatic heterocycles. The van der Waals surface area contributed by atoms with Crippen LogP contribution in [0, 0.1) is 5.41 Å². The van der Waals surface area contributed by atoms with E-state index in [2.05, 4.69) is 35.4 Å². The van der Waals surface area contributed by atoms with Gasteiger partial charge in [0.05, 0.1) is 6.61 Å². The number of ether oxygens (including phenoxy) is 1. The van der Waals surface area contributed by atoms with Gasteiger partial charge in [-0.05, 0) is 18.1 Å². The summed E-state index contributed by atoms with van der Waals surface area (Å²) < 4.78 is 7.62. The molecule has 0 unspecified atom stereocenters. The number of nitrogens with one attached hydrogen (secondary N) is 1. The van der Waals surface area contributed by atoms with Crippen LogP contribution in [-0.4, -0.2) is 24.3 Å². The third kappa shape index (κ3) is 1.06. The number of hydrogen-bond donors (Lipinski definition) is 1. The van der Waals surface area contributed by atoms with E-state index in [1.807, 2.05) is 0 Å². The average Bonchev–Trinajstić information content (AvgIpc) is 2.73. The van der Waals surface area contributed by atoms with E-state index in [0.717, 1.165) is 19.8 Å². The van der Waals surface area contributed by atoms with Gasteiger partial charge < -0.3 is 14.6 Å². The normalized spacial score (nSPS) is 36.2. The summed E-state index contributed by atoms with van der Waals surface area (Å²) in [5, 5.41) is 3.51. The van der Waals surface area contributed by atoms with Crippen LogP contribution < -0.4 is 5.32 Å². The smallest absolute Gasteiger partial charge is 0.0553 e. The molecule has 0 aliphatic carbocycles. The third-order valence-corrected chi connectivity index (χ3v) is 3.59. The Morgan fingerprint density at radius 1 is 1.64 bits per heavy atom. The third-order valence-electron chi connectivity index (χ3n) is 3.59. The molecule has 14 heavy (non-hydrogen) atoms. The lowest BCUT2D eigenvalue weighted by Crippen LogP contribution is -2.56. The van der Waals surface area contributed by atoms with E-state index in [-0.39, 0.29) is 0 Å². The second-order valence-electron chi connectivity index (χ2n) is 4.59. The van der Waals surface area contributed by atoms with Crippen LogP contribution >= 0.6 is 0 Å². The predicted octanol–water partition coefficient (Wildman–Crippen LogP) is 1.08. The Bertz CT molecular complexity index is 339. The zero-order valence-electron chi connectivity index (χ0n) is 8.49. The molecule has 0 bridgehead atoms. The summed E-state index contributed by atoms with van der Waals surface area (Å²) in [5.74, 6) is 0. The highest BCUT2D eigenvalue weighted by atomic mass is 16.5. The highest BCUT2D eigenvalue weighted by Crippen LogP contribution is 2.46. The Morgan fingerprint density at radius 3 is 3.07 bits per heavy atom. The first kappa shape index (κ1) is 8.50. The zero-order valence-corrected chi connectivity index (χ0v) is 8.49. The van der Waals surface area contributed by atoms with Crippen LogP contribution in [-0.2, 0) is 11.8 Å². The second kappa shape index (κ2) is 2.84. The fraction of sp³-hybridized carbons (Fsp3) is 0.636. The van der Waals surface area contributed by atoms with Crippen LogP contribution in [0.15, 0.2) is 18.5 Å². The van der Waals surface area contributed by atoms with E-state index in [1.54, 1.807) is 0 Å². The van der Waals surface area contributed by atoms with E-state index < -0.39 is 0 Å². The van der Waals surface area contributed by atoms with Gasteiger partial charge in [0.15, 0.2) is 0 Å². The molecule has 0 aromatic carbocycles. The van der Waals surface area contributed by atoms with E-state index in [4.69, 9.17) is 4.74 Å². The fourth-order valence-corrected chi connectivity index (χ4v) is 2.65. The van der Waals surface area contributed by atoms with Crippen LogP contribution in [0.1, 0.15) is 18.0 Å². The molecule has 3 nitrogen and oxygen atoms in total. The van der Waals surface area contributed by atoms with Crippen molar-refractivity contribution in [2.24, 2.45) is 12.5 Å². The molecule has 3 heterocycles. The Morgan fingerprint density at radius 2 is 2.57 bits per heavy atom. The lowest BCUT2D eigenvalue weighted by atomic mass is 9.71.